The lowest BCUT2D eigenvalue weighted by Crippen LogP contribution is -2.00. The molecule has 0 bridgehead atoms. The summed E-state index contributed by atoms with van der Waals surface area (Å²) in [5.41, 5.74) is 7.02. The molecule has 2 N–H and O–H groups in total. The number of hydrogen-bond donors (Lipinski definition) is 1. The van der Waals surface area contributed by atoms with Crippen LogP contribution in [0.3, 0.4) is 0 Å². The van der Waals surface area contributed by atoms with Crippen molar-refractivity contribution in [1.29, 1.82) is 0 Å². The molecule has 0 unspecified atom stereocenters. The minimum absolute atomic E-state index is 0.0471. The number of hydrogen-bond acceptors (Lipinski definition) is 3. The van der Waals surface area contributed by atoms with Gasteiger partial charge in [-0.3, -0.25) is 4.79 Å². The topological polar surface area (TPSA) is 43.1 Å². The number of rotatable bonds is 4. The Labute approximate surface area is 107 Å². The van der Waals surface area contributed by atoms with Crippen LogP contribution < -0.4 is 5.73 Å². The van der Waals surface area contributed by atoms with E-state index in [1.807, 2.05) is 30.0 Å². The molecule has 1 aromatic rings. The molecule has 1 aliphatic carbocycles. The van der Waals surface area contributed by atoms with Crippen molar-refractivity contribution in [2.45, 2.75) is 37.5 Å². The van der Waals surface area contributed by atoms with Crippen LogP contribution in [0.1, 0.15) is 43.0 Å². The highest BCUT2D eigenvalue weighted by Crippen LogP contribution is 2.31. The van der Waals surface area contributed by atoms with Gasteiger partial charge in [0.1, 0.15) is 0 Å². The third kappa shape index (κ3) is 3.25. The zero-order chi connectivity index (χ0) is 12.3. The van der Waals surface area contributed by atoms with Crippen molar-refractivity contribution in [2.75, 3.05) is 11.5 Å². The molecule has 92 valence electrons. The van der Waals surface area contributed by atoms with Gasteiger partial charge in [0.15, 0.2) is 5.78 Å². The first-order valence-electron chi connectivity index (χ1n) is 6.20. The summed E-state index contributed by atoms with van der Waals surface area (Å²) in [5, 5.41) is 0. The van der Waals surface area contributed by atoms with Crippen molar-refractivity contribution in [3.63, 3.8) is 0 Å². The lowest BCUT2D eigenvalue weighted by atomic mass is 10.1. The molecule has 1 aliphatic rings. The van der Waals surface area contributed by atoms with Crippen LogP contribution in [0.4, 0.5) is 5.69 Å². The quantitative estimate of drug-likeness (QED) is 0.502. The number of ketones is 1. The predicted octanol–water partition coefficient (Wildman–Crippen LogP) is 3.75. The highest BCUT2D eigenvalue weighted by atomic mass is 32.2. The van der Waals surface area contributed by atoms with E-state index in [0.29, 0.717) is 11.3 Å². The van der Waals surface area contributed by atoms with Crippen LogP contribution in [-0.2, 0) is 0 Å². The van der Waals surface area contributed by atoms with E-state index in [9.17, 15) is 4.79 Å². The van der Waals surface area contributed by atoms with E-state index in [1.165, 1.54) is 31.4 Å². The Bertz CT molecular complexity index is 411. The highest BCUT2D eigenvalue weighted by Gasteiger charge is 2.15. The van der Waals surface area contributed by atoms with Crippen LogP contribution in [0.2, 0.25) is 0 Å². The average molecular weight is 249 g/mol. The van der Waals surface area contributed by atoms with Crippen LogP contribution in [0, 0.1) is 5.92 Å². The van der Waals surface area contributed by atoms with Crippen LogP contribution in [0.5, 0.6) is 0 Å². The zero-order valence-corrected chi connectivity index (χ0v) is 11.1. The first-order valence-corrected chi connectivity index (χ1v) is 7.18. The third-order valence-corrected chi connectivity index (χ3v) is 4.59. The number of nitrogens with two attached hydrogens (primary N) is 1. The van der Waals surface area contributed by atoms with Gasteiger partial charge < -0.3 is 5.73 Å². The molecule has 3 heteroatoms. The molecule has 2 nitrogen and oxygen atoms in total. The first-order chi connectivity index (χ1) is 8.16. The molecule has 0 heterocycles. The van der Waals surface area contributed by atoms with Crippen LogP contribution >= 0.6 is 11.8 Å². The number of benzene rings is 1. The second-order valence-corrected chi connectivity index (χ2v) is 5.86. The van der Waals surface area contributed by atoms with Crippen molar-refractivity contribution < 1.29 is 4.79 Å². The van der Waals surface area contributed by atoms with Crippen LogP contribution in [-0.4, -0.2) is 11.5 Å². The fourth-order valence-electron chi connectivity index (χ4n) is 2.32. The second kappa shape index (κ2) is 5.58. The van der Waals surface area contributed by atoms with E-state index in [-0.39, 0.29) is 5.78 Å². The Morgan fingerprint density at radius 1 is 1.41 bits per heavy atom. The Balaban J connectivity index is 2.00. The van der Waals surface area contributed by atoms with Crippen molar-refractivity contribution in [1.82, 2.24) is 0 Å². The van der Waals surface area contributed by atoms with Crippen LogP contribution in [0.15, 0.2) is 23.1 Å². The summed E-state index contributed by atoms with van der Waals surface area (Å²) in [6.45, 7) is 1.57. The van der Waals surface area contributed by atoms with Gasteiger partial charge in [-0.1, -0.05) is 12.8 Å². The highest BCUT2D eigenvalue weighted by molar-refractivity contribution is 7.99. The number of Topliss-reactive ketones (excluding diaryl/α,β-unsaturated/α-hetero) is 1. The number of thioether (sulfide) groups is 1. The third-order valence-electron chi connectivity index (χ3n) is 3.36. The van der Waals surface area contributed by atoms with Crippen molar-refractivity contribution in [3.05, 3.63) is 23.8 Å². The molecular formula is C14H19NOS. The maximum Gasteiger partial charge on any atom is 0.161 e. The van der Waals surface area contributed by atoms with E-state index in [1.54, 1.807) is 6.92 Å². The largest absolute Gasteiger partial charge is 0.398 e. The maximum atomic E-state index is 11.4. The Kier molecular flexibility index (Phi) is 4.11. The van der Waals surface area contributed by atoms with Crippen molar-refractivity contribution >= 4 is 23.2 Å². The van der Waals surface area contributed by atoms with Gasteiger partial charge in [-0.05, 0) is 43.9 Å². The smallest absolute Gasteiger partial charge is 0.161 e. The summed E-state index contributed by atoms with van der Waals surface area (Å²) in [7, 11) is 0. The summed E-state index contributed by atoms with van der Waals surface area (Å²) in [6, 6.07) is 5.78. The van der Waals surface area contributed by atoms with Crippen molar-refractivity contribution in [3.8, 4) is 0 Å². The molecule has 1 saturated carbocycles. The minimum atomic E-state index is 0.0471. The fraction of sp³-hybridized carbons (Fsp3) is 0.500. The molecule has 1 fully saturated rings. The van der Waals surface area contributed by atoms with Gasteiger partial charge in [0.2, 0.25) is 0 Å². The van der Waals surface area contributed by atoms with Gasteiger partial charge in [-0.2, -0.15) is 0 Å². The molecular weight excluding hydrogens is 230 g/mol. The monoisotopic (exact) mass is 249 g/mol. The summed E-state index contributed by atoms with van der Waals surface area (Å²) >= 11 is 1.85. The number of anilines is 1. The molecule has 0 saturated heterocycles. The molecule has 0 atom stereocenters. The lowest BCUT2D eigenvalue weighted by Gasteiger charge is -2.09. The standard InChI is InChI=1S/C14H19NOS/c1-10(16)13-8-12(6-7-14(13)15)17-9-11-4-2-3-5-11/h6-8,11H,2-5,9,15H2,1H3. The van der Waals surface area contributed by atoms with E-state index >= 15 is 0 Å². The molecule has 1 aromatic carbocycles. The molecule has 0 aliphatic heterocycles. The Morgan fingerprint density at radius 2 is 2.12 bits per heavy atom. The molecule has 0 radical (unpaired) electrons. The van der Waals surface area contributed by atoms with Gasteiger partial charge in [-0.25, -0.2) is 0 Å². The van der Waals surface area contributed by atoms with Crippen molar-refractivity contribution in [2.24, 2.45) is 5.92 Å². The second-order valence-electron chi connectivity index (χ2n) is 4.77. The van der Waals surface area contributed by atoms with Gasteiger partial charge in [0.25, 0.3) is 0 Å². The molecule has 2 rings (SSSR count). The normalized spacial score (nSPS) is 16.3. The Morgan fingerprint density at radius 3 is 2.76 bits per heavy atom. The maximum absolute atomic E-state index is 11.4. The van der Waals surface area contributed by atoms with E-state index in [0.717, 1.165) is 10.8 Å². The zero-order valence-electron chi connectivity index (χ0n) is 10.2. The van der Waals surface area contributed by atoms with Gasteiger partial charge in [-0.15, -0.1) is 11.8 Å². The molecule has 0 spiro atoms. The number of carbonyl (C=O) groups is 1. The van der Waals surface area contributed by atoms with Gasteiger partial charge in [0, 0.05) is 21.9 Å². The summed E-state index contributed by atoms with van der Waals surface area (Å²) in [5.74, 6) is 2.07. The molecule has 17 heavy (non-hydrogen) atoms. The summed E-state index contributed by atoms with van der Waals surface area (Å²) in [4.78, 5) is 12.6. The Hall–Kier alpha value is -0.960. The van der Waals surface area contributed by atoms with Gasteiger partial charge in [0.05, 0.1) is 0 Å². The fourth-order valence-corrected chi connectivity index (χ4v) is 3.45. The van der Waals surface area contributed by atoms with E-state index in [2.05, 4.69) is 0 Å². The molecule has 0 amide bonds. The first kappa shape index (κ1) is 12.5. The number of nitrogen functional groups attached to an aromatic ring is 1. The minimum Gasteiger partial charge on any atom is -0.398 e. The predicted molar refractivity (Wildman–Crippen MR) is 73.5 cm³/mol. The van der Waals surface area contributed by atoms with E-state index < -0.39 is 0 Å². The number of carbonyl (C=O) groups excluding carboxylic acids is 1. The van der Waals surface area contributed by atoms with Crippen LogP contribution in [0.25, 0.3) is 0 Å². The lowest BCUT2D eigenvalue weighted by molar-refractivity contribution is 0.101. The average Bonchev–Trinajstić information content (AvgIpc) is 2.80. The van der Waals surface area contributed by atoms with Gasteiger partial charge >= 0.3 is 0 Å². The molecule has 0 aromatic heterocycles. The SMILES string of the molecule is CC(=O)c1cc(SCC2CCCC2)ccc1N. The summed E-state index contributed by atoms with van der Waals surface area (Å²) < 4.78 is 0. The summed E-state index contributed by atoms with van der Waals surface area (Å²) in [6.07, 6.45) is 5.49. The van der Waals surface area contributed by atoms with E-state index in [4.69, 9.17) is 5.73 Å².